The molecule has 6 heteroatoms. The molecule has 0 saturated heterocycles. The van der Waals surface area contributed by atoms with Crippen molar-refractivity contribution in [2.24, 2.45) is 0 Å². The maximum absolute atomic E-state index is 13.3. The number of anilines is 1. The molecular weight excluding hydrogens is 269 g/mol. The summed E-state index contributed by atoms with van der Waals surface area (Å²) < 4.78 is 15.0. The van der Waals surface area contributed by atoms with Gasteiger partial charge in [-0.15, -0.1) is 0 Å². The molecule has 0 aliphatic carbocycles. The molecule has 0 saturated carbocycles. The molecule has 0 aliphatic heterocycles. The predicted molar refractivity (Wildman–Crippen MR) is 78.6 cm³/mol. The van der Waals surface area contributed by atoms with E-state index in [4.69, 9.17) is 0 Å². The summed E-state index contributed by atoms with van der Waals surface area (Å²) in [7, 11) is 0. The Labute approximate surface area is 122 Å². The highest BCUT2D eigenvalue weighted by Crippen LogP contribution is 2.18. The summed E-state index contributed by atoms with van der Waals surface area (Å²) in [5.41, 5.74) is 1.79. The molecule has 0 amide bonds. The van der Waals surface area contributed by atoms with E-state index >= 15 is 0 Å². The van der Waals surface area contributed by atoms with Crippen molar-refractivity contribution < 1.29 is 4.39 Å². The molecule has 0 atom stereocenters. The van der Waals surface area contributed by atoms with Crippen molar-refractivity contribution in [3.8, 4) is 0 Å². The Kier molecular flexibility index (Phi) is 3.51. The molecule has 0 radical (unpaired) electrons. The summed E-state index contributed by atoms with van der Waals surface area (Å²) in [5.74, 6) is 1.25. The Bertz CT molecular complexity index is 768. The third-order valence-corrected chi connectivity index (χ3v) is 3.33. The first-order valence-electron chi connectivity index (χ1n) is 6.84. The molecule has 108 valence electrons. The Morgan fingerprint density at radius 2 is 2.14 bits per heavy atom. The van der Waals surface area contributed by atoms with E-state index < -0.39 is 0 Å². The molecule has 3 aromatic rings. The third-order valence-electron chi connectivity index (χ3n) is 3.33. The zero-order valence-corrected chi connectivity index (χ0v) is 12.0. The lowest BCUT2D eigenvalue weighted by Crippen LogP contribution is -2.25. The second-order valence-electron chi connectivity index (χ2n) is 4.87. The molecular formula is C15H16FN5. The average molecular weight is 285 g/mol. The number of fused-ring (bicyclic) bond motifs is 1. The van der Waals surface area contributed by atoms with Crippen LogP contribution < -0.4 is 4.90 Å². The summed E-state index contributed by atoms with van der Waals surface area (Å²) in [6.07, 6.45) is 1.49. The number of rotatable bonds is 4. The standard InChI is InChI=1S/C15H16FN5/c1-3-20(9-12-5-4-6-13(16)8-12)14-7-11(2)19-15-17-10-18-21(14)15/h4-8,10H,3,9H2,1-2H3. The smallest absolute Gasteiger partial charge is 0.254 e. The molecule has 0 bridgehead atoms. The molecule has 2 heterocycles. The molecule has 21 heavy (non-hydrogen) atoms. The molecule has 0 N–H and O–H groups in total. The molecule has 2 aromatic heterocycles. The first-order valence-corrected chi connectivity index (χ1v) is 6.84. The first-order chi connectivity index (χ1) is 10.2. The van der Waals surface area contributed by atoms with Gasteiger partial charge < -0.3 is 4.90 Å². The minimum absolute atomic E-state index is 0.222. The fraction of sp³-hybridized carbons (Fsp3) is 0.267. The van der Waals surface area contributed by atoms with Crippen LogP contribution in [0.2, 0.25) is 0 Å². The normalized spacial score (nSPS) is 11.0. The van der Waals surface area contributed by atoms with Gasteiger partial charge in [0.2, 0.25) is 0 Å². The van der Waals surface area contributed by atoms with Gasteiger partial charge in [0.15, 0.2) is 0 Å². The van der Waals surface area contributed by atoms with Crippen molar-refractivity contribution >= 4 is 11.6 Å². The van der Waals surface area contributed by atoms with E-state index in [1.165, 1.54) is 12.4 Å². The summed E-state index contributed by atoms with van der Waals surface area (Å²) >= 11 is 0. The van der Waals surface area contributed by atoms with Crippen LogP contribution in [0, 0.1) is 12.7 Å². The zero-order valence-electron chi connectivity index (χ0n) is 12.0. The van der Waals surface area contributed by atoms with Crippen LogP contribution in [0.4, 0.5) is 10.2 Å². The van der Waals surface area contributed by atoms with Gasteiger partial charge in [0.1, 0.15) is 18.0 Å². The van der Waals surface area contributed by atoms with Gasteiger partial charge in [0, 0.05) is 24.8 Å². The highest BCUT2D eigenvalue weighted by Gasteiger charge is 2.12. The highest BCUT2D eigenvalue weighted by atomic mass is 19.1. The van der Waals surface area contributed by atoms with E-state index in [1.807, 2.05) is 19.1 Å². The lowest BCUT2D eigenvalue weighted by molar-refractivity contribution is 0.624. The number of aryl methyl sites for hydroxylation is 1. The molecule has 1 aromatic carbocycles. The van der Waals surface area contributed by atoms with Crippen molar-refractivity contribution in [1.29, 1.82) is 0 Å². The molecule has 0 fully saturated rings. The second-order valence-corrected chi connectivity index (χ2v) is 4.87. The molecule has 0 unspecified atom stereocenters. The minimum Gasteiger partial charge on any atom is -0.352 e. The first kappa shape index (κ1) is 13.5. The zero-order chi connectivity index (χ0) is 14.8. The maximum atomic E-state index is 13.3. The van der Waals surface area contributed by atoms with Crippen LogP contribution in [0.1, 0.15) is 18.2 Å². The van der Waals surface area contributed by atoms with Gasteiger partial charge in [-0.1, -0.05) is 12.1 Å². The number of hydrogen-bond donors (Lipinski definition) is 0. The van der Waals surface area contributed by atoms with Gasteiger partial charge in [-0.3, -0.25) is 0 Å². The fourth-order valence-electron chi connectivity index (χ4n) is 2.35. The average Bonchev–Trinajstić information content (AvgIpc) is 2.92. The Hall–Kier alpha value is -2.50. The van der Waals surface area contributed by atoms with Crippen LogP contribution in [-0.4, -0.2) is 26.1 Å². The van der Waals surface area contributed by atoms with Gasteiger partial charge in [0.05, 0.1) is 0 Å². The number of hydrogen-bond acceptors (Lipinski definition) is 4. The van der Waals surface area contributed by atoms with Gasteiger partial charge in [-0.25, -0.2) is 9.37 Å². The van der Waals surface area contributed by atoms with E-state index in [1.54, 1.807) is 16.6 Å². The van der Waals surface area contributed by atoms with Crippen molar-refractivity contribution in [2.75, 3.05) is 11.4 Å². The van der Waals surface area contributed by atoms with Crippen molar-refractivity contribution in [3.05, 3.63) is 53.7 Å². The van der Waals surface area contributed by atoms with Crippen LogP contribution >= 0.6 is 0 Å². The fourth-order valence-corrected chi connectivity index (χ4v) is 2.35. The van der Waals surface area contributed by atoms with E-state index in [-0.39, 0.29) is 5.82 Å². The van der Waals surface area contributed by atoms with E-state index in [9.17, 15) is 4.39 Å². The number of nitrogens with zero attached hydrogens (tertiary/aromatic N) is 5. The number of benzene rings is 1. The Morgan fingerprint density at radius 3 is 2.90 bits per heavy atom. The lowest BCUT2D eigenvalue weighted by atomic mass is 10.2. The minimum atomic E-state index is -0.222. The van der Waals surface area contributed by atoms with Gasteiger partial charge in [0.25, 0.3) is 5.78 Å². The van der Waals surface area contributed by atoms with Crippen molar-refractivity contribution in [3.63, 3.8) is 0 Å². The monoisotopic (exact) mass is 285 g/mol. The van der Waals surface area contributed by atoms with E-state index in [0.29, 0.717) is 12.3 Å². The SMILES string of the molecule is CCN(Cc1cccc(F)c1)c1cc(C)nc2ncnn12. The quantitative estimate of drug-likeness (QED) is 0.739. The summed E-state index contributed by atoms with van der Waals surface area (Å²) in [4.78, 5) is 10.6. The second kappa shape index (κ2) is 5.47. The summed E-state index contributed by atoms with van der Waals surface area (Å²) in [5, 5.41) is 4.22. The molecule has 0 spiro atoms. The van der Waals surface area contributed by atoms with Crippen molar-refractivity contribution in [2.45, 2.75) is 20.4 Å². The Morgan fingerprint density at radius 1 is 1.29 bits per heavy atom. The van der Waals surface area contributed by atoms with Crippen LogP contribution in [0.5, 0.6) is 0 Å². The van der Waals surface area contributed by atoms with E-state index in [2.05, 4.69) is 26.9 Å². The van der Waals surface area contributed by atoms with Gasteiger partial charge in [-0.2, -0.15) is 14.6 Å². The van der Waals surface area contributed by atoms with Gasteiger partial charge in [-0.05, 0) is 31.5 Å². The van der Waals surface area contributed by atoms with Crippen LogP contribution in [0.15, 0.2) is 36.7 Å². The third kappa shape index (κ3) is 2.69. The highest BCUT2D eigenvalue weighted by molar-refractivity contribution is 5.47. The summed E-state index contributed by atoms with van der Waals surface area (Å²) in [6, 6.07) is 8.60. The largest absolute Gasteiger partial charge is 0.352 e. The molecule has 0 aliphatic rings. The van der Waals surface area contributed by atoms with Crippen LogP contribution in [0.25, 0.3) is 5.78 Å². The van der Waals surface area contributed by atoms with E-state index in [0.717, 1.165) is 23.6 Å². The lowest BCUT2D eigenvalue weighted by Gasteiger charge is -2.23. The van der Waals surface area contributed by atoms with Crippen LogP contribution in [0.3, 0.4) is 0 Å². The number of halogens is 1. The van der Waals surface area contributed by atoms with Crippen LogP contribution in [-0.2, 0) is 6.54 Å². The molecule has 3 rings (SSSR count). The summed E-state index contributed by atoms with van der Waals surface area (Å²) in [6.45, 7) is 5.35. The van der Waals surface area contributed by atoms with Crippen molar-refractivity contribution in [1.82, 2.24) is 19.6 Å². The predicted octanol–water partition coefficient (Wildman–Crippen LogP) is 2.60. The number of aromatic nitrogens is 4. The van der Waals surface area contributed by atoms with Gasteiger partial charge >= 0.3 is 0 Å². The maximum Gasteiger partial charge on any atom is 0.254 e. The topological polar surface area (TPSA) is 46.3 Å². The molecule has 5 nitrogen and oxygen atoms in total. The Balaban J connectivity index is 2.00.